The highest BCUT2D eigenvalue weighted by atomic mass is 16.2. The molecule has 5 nitrogen and oxygen atoms in total. The van der Waals surface area contributed by atoms with Crippen molar-refractivity contribution in [2.75, 3.05) is 18.4 Å². The van der Waals surface area contributed by atoms with Crippen LogP contribution in [0, 0.1) is 23.2 Å². The maximum atomic E-state index is 13.5. The van der Waals surface area contributed by atoms with E-state index in [1.165, 1.54) is 24.8 Å². The molecule has 0 spiro atoms. The van der Waals surface area contributed by atoms with Crippen molar-refractivity contribution in [3.05, 3.63) is 53.5 Å². The van der Waals surface area contributed by atoms with Crippen LogP contribution in [0.25, 0.3) is 0 Å². The summed E-state index contributed by atoms with van der Waals surface area (Å²) in [6.45, 7) is 2.94. The van der Waals surface area contributed by atoms with Gasteiger partial charge in [0.05, 0.1) is 11.1 Å². The molecule has 4 aliphatic carbocycles. The summed E-state index contributed by atoms with van der Waals surface area (Å²) >= 11 is 0. The third kappa shape index (κ3) is 3.85. The van der Waals surface area contributed by atoms with Gasteiger partial charge in [0.15, 0.2) is 0 Å². The van der Waals surface area contributed by atoms with E-state index in [9.17, 15) is 4.79 Å². The number of carbonyl (C=O) groups excluding carboxylic acids is 1. The number of carbonyl (C=O) groups is 1. The normalized spacial score (nSPS) is 30.8. The van der Waals surface area contributed by atoms with Gasteiger partial charge >= 0.3 is 0 Å². The van der Waals surface area contributed by atoms with Crippen molar-refractivity contribution in [2.45, 2.75) is 64.3 Å². The summed E-state index contributed by atoms with van der Waals surface area (Å²) in [4.78, 5) is 25.1. The zero-order chi connectivity index (χ0) is 21.5. The van der Waals surface area contributed by atoms with Gasteiger partial charge in [0.2, 0.25) is 5.91 Å². The number of aryl methyl sites for hydroxylation is 1. The van der Waals surface area contributed by atoms with E-state index in [-0.39, 0.29) is 11.3 Å². The largest absolute Gasteiger partial charge is 0.310 e. The fraction of sp³-hybridized carbons (Fsp3) is 0.593. The van der Waals surface area contributed by atoms with E-state index < -0.39 is 0 Å². The highest BCUT2D eigenvalue weighted by molar-refractivity contribution is 5.95. The van der Waals surface area contributed by atoms with E-state index in [1.807, 2.05) is 0 Å². The van der Waals surface area contributed by atoms with Crippen molar-refractivity contribution in [1.29, 1.82) is 0 Å². The highest BCUT2D eigenvalue weighted by Crippen LogP contribution is 2.60. The van der Waals surface area contributed by atoms with Gasteiger partial charge in [-0.05, 0) is 87.6 Å². The first-order valence-electron chi connectivity index (χ1n) is 12.6. The number of anilines is 1. The molecule has 32 heavy (non-hydrogen) atoms. The lowest BCUT2D eigenvalue weighted by Gasteiger charge is -2.55. The quantitative estimate of drug-likeness (QED) is 0.726. The first-order valence-corrected chi connectivity index (χ1v) is 12.6. The number of rotatable bonds is 6. The summed E-state index contributed by atoms with van der Waals surface area (Å²) in [6.07, 6.45) is 12.2. The Morgan fingerprint density at radius 3 is 2.47 bits per heavy atom. The molecular formula is C27H34N4O. The summed E-state index contributed by atoms with van der Waals surface area (Å²) in [5.41, 5.74) is 3.52. The minimum absolute atomic E-state index is 0.134. The molecule has 2 heterocycles. The molecule has 4 bridgehead atoms. The van der Waals surface area contributed by atoms with Crippen LogP contribution < -0.4 is 5.32 Å². The Kier molecular flexibility index (Phi) is 5.25. The van der Waals surface area contributed by atoms with E-state index in [2.05, 4.69) is 50.5 Å². The lowest BCUT2D eigenvalue weighted by atomic mass is 9.49. The number of aromatic nitrogens is 2. The van der Waals surface area contributed by atoms with E-state index >= 15 is 0 Å². The Balaban J connectivity index is 1.10. The fourth-order valence-electron chi connectivity index (χ4n) is 7.49. The predicted molar refractivity (Wildman–Crippen MR) is 125 cm³/mol. The van der Waals surface area contributed by atoms with Gasteiger partial charge in [-0.3, -0.25) is 9.69 Å². The van der Waals surface area contributed by atoms with E-state index in [0.717, 1.165) is 93.0 Å². The molecule has 5 heteroatoms. The Morgan fingerprint density at radius 1 is 1.03 bits per heavy atom. The van der Waals surface area contributed by atoms with Crippen LogP contribution in [0.5, 0.6) is 0 Å². The first-order chi connectivity index (χ1) is 15.7. The minimum atomic E-state index is -0.134. The van der Waals surface area contributed by atoms with Gasteiger partial charge in [-0.25, -0.2) is 9.97 Å². The predicted octanol–water partition coefficient (Wildman–Crippen LogP) is 4.62. The van der Waals surface area contributed by atoms with Crippen LogP contribution in [0.15, 0.2) is 36.7 Å². The summed E-state index contributed by atoms with van der Waals surface area (Å²) in [5, 5.41) is 3.30. The first kappa shape index (κ1) is 20.3. The molecule has 0 atom stereocenters. The second kappa shape index (κ2) is 8.26. The third-order valence-electron chi connectivity index (χ3n) is 8.62. The molecule has 1 aromatic carbocycles. The summed E-state index contributed by atoms with van der Waals surface area (Å²) in [5.74, 6) is 3.34. The maximum Gasteiger partial charge on any atom is 0.231 e. The van der Waals surface area contributed by atoms with Gasteiger partial charge in [0.25, 0.3) is 0 Å². The molecule has 4 saturated carbocycles. The lowest BCUT2D eigenvalue weighted by molar-refractivity contribution is -0.140. The standard InChI is InChI=1S/C27H34N4O/c32-26(27-14-20-11-21(15-27)13-22(12-20)16-27)30-25-23-8-10-31(17-24(23)28-18-29-25)9-4-7-19-5-2-1-3-6-19/h1-3,5-6,18,20-22H,4,7-17H2,(H,28,29,30,32). The highest BCUT2D eigenvalue weighted by Gasteiger charge is 2.54. The van der Waals surface area contributed by atoms with Crippen molar-refractivity contribution in [3.63, 3.8) is 0 Å². The van der Waals surface area contributed by atoms with Gasteiger partial charge in [0.1, 0.15) is 12.1 Å². The summed E-state index contributed by atoms with van der Waals surface area (Å²) in [7, 11) is 0. The van der Waals surface area contributed by atoms with Gasteiger partial charge in [-0.1, -0.05) is 30.3 Å². The molecule has 5 aliphatic rings. The molecule has 168 valence electrons. The minimum Gasteiger partial charge on any atom is -0.310 e. The van der Waals surface area contributed by atoms with Crippen molar-refractivity contribution < 1.29 is 4.79 Å². The summed E-state index contributed by atoms with van der Waals surface area (Å²) in [6, 6.07) is 10.7. The molecule has 1 N–H and O–H groups in total. The Morgan fingerprint density at radius 2 is 1.75 bits per heavy atom. The van der Waals surface area contributed by atoms with Crippen LogP contribution in [0.3, 0.4) is 0 Å². The number of benzene rings is 1. The second-order valence-corrected chi connectivity index (χ2v) is 10.9. The number of fused-ring (bicyclic) bond motifs is 1. The van der Waals surface area contributed by atoms with Crippen LogP contribution >= 0.6 is 0 Å². The van der Waals surface area contributed by atoms with Gasteiger partial charge in [-0.15, -0.1) is 0 Å². The molecule has 2 aromatic rings. The molecule has 7 rings (SSSR count). The monoisotopic (exact) mass is 430 g/mol. The van der Waals surface area contributed by atoms with E-state index in [4.69, 9.17) is 0 Å². The van der Waals surface area contributed by atoms with Crippen LogP contribution in [0.1, 0.15) is 61.8 Å². The maximum absolute atomic E-state index is 13.5. The van der Waals surface area contributed by atoms with Crippen molar-refractivity contribution in [1.82, 2.24) is 14.9 Å². The lowest BCUT2D eigenvalue weighted by Crippen LogP contribution is -2.52. The second-order valence-electron chi connectivity index (χ2n) is 10.9. The number of hydrogen-bond donors (Lipinski definition) is 1. The Labute approximate surface area is 191 Å². The van der Waals surface area contributed by atoms with Crippen molar-refractivity contribution in [2.24, 2.45) is 23.2 Å². The molecule has 1 aromatic heterocycles. The van der Waals surface area contributed by atoms with Crippen LogP contribution in [0.4, 0.5) is 5.82 Å². The zero-order valence-electron chi connectivity index (χ0n) is 18.9. The summed E-state index contributed by atoms with van der Waals surface area (Å²) < 4.78 is 0. The molecule has 1 amide bonds. The van der Waals surface area contributed by atoms with Gasteiger partial charge in [-0.2, -0.15) is 0 Å². The van der Waals surface area contributed by atoms with Crippen molar-refractivity contribution in [3.8, 4) is 0 Å². The molecule has 0 saturated heterocycles. The number of hydrogen-bond acceptors (Lipinski definition) is 4. The van der Waals surface area contributed by atoms with Crippen molar-refractivity contribution >= 4 is 11.7 Å². The Hall–Kier alpha value is -2.27. The number of amides is 1. The van der Waals surface area contributed by atoms with Gasteiger partial charge < -0.3 is 5.32 Å². The van der Waals surface area contributed by atoms with Gasteiger partial charge in [0, 0.05) is 18.7 Å². The average Bonchev–Trinajstić information content (AvgIpc) is 2.79. The van der Waals surface area contributed by atoms with Crippen LogP contribution in [0.2, 0.25) is 0 Å². The topological polar surface area (TPSA) is 58.1 Å². The van der Waals surface area contributed by atoms with Crippen LogP contribution in [-0.2, 0) is 24.2 Å². The molecule has 4 fully saturated rings. The molecular weight excluding hydrogens is 396 g/mol. The van der Waals surface area contributed by atoms with E-state index in [0.29, 0.717) is 0 Å². The fourth-order valence-corrected chi connectivity index (χ4v) is 7.49. The zero-order valence-corrected chi connectivity index (χ0v) is 18.9. The SMILES string of the molecule is O=C(Nc1ncnc2c1CCN(CCCc1ccccc1)C2)C12CC3CC(CC(C3)C1)C2. The number of nitrogens with zero attached hydrogens (tertiary/aromatic N) is 3. The molecule has 0 radical (unpaired) electrons. The molecule has 1 aliphatic heterocycles. The third-order valence-corrected chi connectivity index (χ3v) is 8.62. The Bertz CT molecular complexity index is 953. The van der Waals surface area contributed by atoms with E-state index in [1.54, 1.807) is 6.33 Å². The van der Waals surface area contributed by atoms with Crippen LogP contribution in [-0.4, -0.2) is 33.9 Å². The average molecular weight is 431 g/mol. The number of nitrogens with one attached hydrogen (secondary N) is 1. The molecule has 0 unspecified atom stereocenters. The smallest absolute Gasteiger partial charge is 0.231 e.